The first kappa shape index (κ1) is 13.9. The van der Waals surface area contributed by atoms with Crippen molar-refractivity contribution in [3.05, 3.63) is 55.5 Å². The van der Waals surface area contributed by atoms with Crippen LogP contribution in [0, 0.1) is 0 Å². The third-order valence-electron chi connectivity index (χ3n) is 2.82. The molecule has 100 valence electrons. The average molecular weight is 298 g/mol. The number of rotatable bonds is 3. The molecule has 0 fully saturated rings. The SMILES string of the molecule is CCc1c(N)nc(Cc2ccc(Cl)cc2Cl)[nH]c1=O. The molecule has 0 aliphatic heterocycles. The van der Waals surface area contributed by atoms with Crippen LogP contribution in [-0.4, -0.2) is 9.97 Å². The lowest BCUT2D eigenvalue weighted by Crippen LogP contribution is -2.19. The lowest BCUT2D eigenvalue weighted by Gasteiger charge is -2.07. The number of halogens is 2. The van der Waals surface area contributed by atoms with Crippen molar-refractivity contribution >= 4 is 29.0 Å². The highest BCUT2D eigenvalue weighted by Crippen LogP contribution is 2.22. The van der Waals surface area contributed by atoms with E-state index in [4.69, 9.17) is 28.9 Å². The summed E-state index contributed by atoms with van der Waals surface area (Å²) in [5.74, 6) is 0.759. The molecule has 2 aromatic rings. The Labute approximate surface area is 120 Å². The number of nitrogen functional groups attached to an aromatic ring is 1. The molecule has 19 heavy (non-hydrogen) atoms. The van der Waals surface area contributed by atoms with Gasteiger partial charge in [0, 0.05) is 16.5 Å². The van der Waals surface area contributed by atoms with E-state index in [-0.39, 0.29) is 11.4 Å². The minimum absolute atomic E-state index is 0.199. The van der Waals surface area contributed by atoms with Gasteiger partial charge in [0.25, 0.3) is 5.56 Å². The minimum atomic E-state index is -0.199. The molecular weight excluding hydrogens is 285 g/mol. The van der Waals surface area contributed by atoms with E-state index in [9.17, 15) is 4.79 Å². The number of nitrogens with zero attached hydrogens (tertiary/aromatic N) is 1. The molecule has 3 N–H and O–H groups in total. The highest BCUT2D eigenvalue weighted by atomic mass is 35.5. The molecule has 1 aromatic heterocycles. The summed E-state index contributed by atoms with van der Waals surface area (Å²) in [7, 11) is 0. The Balaban J connectivity index is 2.36. The van der Waals surface area contributed by atoms with Crippen LogP contribution in [-0.2, 0) is 12.8 Å². The van der Waals surface area contributed by atoms with Crippen molar-refractivity contribution in [2.45, 2.75) is 19.8 Å². The number of anilines is 1. The second kappa shape index (κ2) is 5.63. The van der Waals surface area contributed by atoms with Crippen LogP contribution < -0.4 is 11.3 Å². The van der Waals surface area contributed by atoms with E-state index in [0.717, 1.165) is 5.56 Å². The van der Waals surface area contributed by atoms with E-state index in [1.54, 1.807) is 18.2 Å². The Morgan fingerprint density at radius 1 is 1.37 bits per heavy atom. The first-order valence-electron chi connectivity index (χ1n) is 5.82. The number of H-pyrrole nitrogens is 1. The maximum atomic E-state index is 11.8. The standard InChI is InChI=1S/C13H13Cl2N3O/c1-2-9-12(16)17-11(18-13(9)19)5-7-3-4-8(14)6-10(7)15/h3-4,6H,2,5H2,1H3,(H3,16,17,18,19). The molecule has 0 unspecified atom stereocenters. The van der Waals surface area contributed by atoms with E-state index >= 15 is 0 Å². The smallest absolute Gasteiger partial charge is 0.256 e. The zero-order chi connectivity index (χ0) is 14.0. The van der Waals surface area contributed by atoms with Gasteiger partial charge in [-0.1, -0.05) is 36.2 Å². The predicted molar refractivity (Wildman–Crippen MR) is 77.9 cm³/mol. The molecule has 0 saturated carbocycles. The van der Waals surface area contributed by atoms with E-state index in [2.05, 4.69) is 9.97 Å². The number of nitrogens with two attached hydrogens (primary N) is 1. The molecule has 0 amide bonds. The fraction of sp³-hybridized carbons (Fsp3) is 0.231. The number of aromatic amines is 1. The van der Waals surface area contributed by atoms with E-state index in [1.807, 2.05) is 6.92 Å². The molecule has 0 aliphatic carbocycles. The molecular formula is C13H13Cl2N3O. The monoisotopic (exact) mass is 297 g/mol. The molecule has 0 atom stereocenters. The summed E-state index contributed by atoms with van der Waals surface area (Å²) in [6.07, 6.45) is 0.954. The van der Waals surface area contributed by atoms with Gasteiger partial charge in [-0.25, -0.2) is 4.98 Å². The largest absolute Gasteiger partial charge is 0.383 e. The Morgan fingerprint density at radius 3 is 2.68 bits per heavy atom. The topological polar surface area (TPSA) is 71.8 Å². The number of benzene rings is 1. The highest BCUT2D eigenvalue weighted by Gasteiger charge is 2.09. The summed E-state index contributed by atoms with van der Waals surface area (Å²) in [6, 6.07) is 5.19. The molecule has 0 saturated heterocycles. The minimum Gasteiger partial charge on any atom is -0.383 e. The van der Waals surface area contributed by atoms with Crippen LogP contribution in [0.25, 0.3) is 0 Å². The van der Waals surface area contributed by atoms with Crippen molar-refractivity contribution in [1.82, 2.24) is 9.97 Å². The number of hydrogen-bond acceptors (Lipinski definition) is 3. The maximum absolute atomic E-state index is 11.8. The van der Waals surface area contributed by atoms with Crippen molar-refractivity contribution in [2.75, 3.05) is 5.73 Å². The third kappa shape index (κ3) is 3.08. The summed E-state index contributed by atoms with van der Waals surface area (Å²) < 4.78 is 0. The van der Waals surface area contributed by atoms with Gasteiger partial charge in [0.05, 0.1) is 5.56 Å². The number of hydrogen-bond donors (Lipinski definition) is 2. The fourth-order valence-electron chi connectivity index (χ4n) is 1.83. The molecule has 0 bridgehead atoms. The van der Waals surface area contributed by atoms with Crippen LogP contribution in [0.1, 0.15) is 23.9 Å². The van der Waals surface area contributed by atoms with Gasteiger partial charge < -0.3 is 10.7 Å². The van der Waals surface area contributed by atoms with Crippen LogP contribution in [0.15, 0.2) is 23.0 Å². The van der Waals surface area contributed by atoms with Crippen molar-refractivity contribution < 1.29 is 0 Å². The molecule has 1 heterocycles. The molecule has 4 nitrogen and oxygen atoms in total. The van der Waals surface area contributed by atoms with Crippen LogP contribution in [0.4, 0.5) is 5.82 Å². The Kier molecular flexibility index (Phi) is 4.12. The quantitative estimate of drug-likeness (QED) is 0.915. The van der Waals surface area contributed by atoms with Gasteiger partial charge in [-0.15, -0.1) is 0 Å². The van der Waals surface area contributed by atoms with Crippen LogP contribution in [0.3, 0.4) is 0 Å². The van der Waals surface area contributed by atoms with Crippen LogP contribution >= 0.6 is 23.2 Å². The van der Waals surface area contributed by atoms with E-state index in [1.165, 1.54) is 0 Å². The summed E-state index contributed by atoms with van der Waals surface area (Å²) in [5.41, 5.74) is 6.90. The summed E-state index contributed by atoms with van der Waals surface area (Å²) in [5, 5.41) is 1.10. The molecule has 0 radical (unpaired) electrons. The third-order valence-corrected chi connectivity index (χ3v) is 3.41. The second-order valence-corrected chi connectivity index (χ2v) is 4.99. The van der Waals surface area contributed by atoms with Gasteiger partial charge in [0.2, 0.25) is 0 Å². The molecule has 6 heteroatoms. The van der Waals surface area contributed by atoms with Crippen molar-refractivity contribution in [1.29, 1.82) is 0 Å². The number of nitrogens with one attached hydrogen (secondary N) is 1. The Hall–Kier alpha value is -1.52. The maximum Gasteiger partial charge on any atom is 0.256 e. The van der Waals surface area contributed by atoms with Crippen molar-refractivity contribution in [3.8, 4) is 0 Å². The summed E-state index contributed by atoms with van der Waals surface area (Å²) in [6.45, 7) is 1.86. The first-order valence-corrected chi connectivity index (χ1v) is 6.58. The lowest BCUT2D eigenvalue weighted by atomic mass is 10.1. The predicted octanol–water partition coefficient (Wildman–Crippen LogP) is 2.81. The lowest BCUT2D eigenvalue weighted by molar-refractivity contribution is 0.916. The van der Waals surface area contributed by atoms with Gasteiger partial charge in [0.1, 0.15) is 11.6 Å². The zero-order valence-corrected chi connectivity index (χ0v) is 11.8. The summed E-state index contributed by atoms with van der Waals surface area (Å²) in [4.78, 5) is 18.7. The van der Waals surface area contributed by atoms with E-state index < -0.39 is 0 Å². The average Bonchev–Trinajstić information content (AvgIpc) is 2.32. The normalized spacial score (nSPS) is 10.7. The zero-order valence-electron chi connectivity index (χ0n) is 10.3. The van der Waals surface area contributed by atoms with E-state index in [0.29, 0.717) is 34.3 Å². The van der Waals surface area contributed by atoms with Crippen LogP contribution in [0.2, 0.25) is 10.0 Å². The van der Waals surface area contributed by atoms with Crippen molar-refractivity contribution in [3.63, 3.8) is 0 Å². The molecule has 0 spiro atoms. The first-order chi connectivity index (χ1) is 9.01. The van der Waals surface area contributed by atoms with Crippen LogP contribution in [0.5, 0.6) is 0 Å². The van der Waals surface area contributed by atoms with Crippen molar-refractivity contribution in [2.24, 2.45) is 0 Å². The Morgan fingerprint density at radius 2 is 2.11 bits per heavy atom. The molecule has 0 aliphatic rings. The fourth-order valence-corrected chi connectivity index (χ4v) is 2.31. The highest BCUT2D eigenvalue weighted by molar-refractivity contribution is 6.35. The molecule has 1 aromatic carbocycles. The number of aromatic nitrogens is 2. The van der Waals surface area contributed by atoms with Gasteiger partial charge in [-0.3, -0.25) is 4.79 Å². The second-order valence-electron chi connectivity index (χ2n) is 4.14. The van der Waals surface area contributed by atoms with Gasteiger partial charge in [0.15, 0.2) is 0 Å². The summed E-state index contributed by atoms with van der Waals surface area (Å²) >= 11 is 11.9. The van der Waals surface area contributed by atoms with Gasteiger partial charge in [-0.05, 0) is 24.1 Å². The van der Waals surface area contributed by atoms with Gasteiger partial charge >= 0.3 is 0 Å². The molecule has 2 rings (SSSR count). The Bertz CT molecular complexity index is 667. The van der Waals surface area contributed by atoms with Gasteiger partial charge in [-0.2, -0.15) is 0 Å².